The number of nitro groups is 1. The highest BCUT2D eigenvalue weighted by molar-refractivity contribution is 9.10. The van der Waals surface area contributed by atoms with Crippen molar-refractivity contribution in [1.29, 1.82) is 0 Å². The molecule has 8 nitrogen and oxygen atoms in total. The standard InChI is InChI=1S/C15H10BrN5O3/c1-9(22)10-6-7-13(14(8-10)21(23)24)20-18-15(17-19-20)11-4-2-3-5-12(11)16/h2-8H,1H3. The first kappa shape index (κ1) is 15.9. The van der Waals surface area contributed by atoms with E-state index in [1.807, 2.05) is 18.2 Å². The second-order valence-corrected chi connectivity index (χ2v) is 5.75. The number of hydrogen-bond donors (Lipinski definition) is 0. The number of rotatable bonds is 4. The lowest BCUT2D eigenvalue weighted by atomic mass is 10.1. The number of benzene rings is 2. The third-order valence-electron chi connectivity index (χ3n) is 3.32. The number of nitrogens with zero attached hydrogens (tertiary/aromatic N) is 5. The number of halogens is 1. The highest BCUT2D eigenvalue weighted by Crippen LogP contribution is 2.27. The first-order valence-corrected chi connectivity index (χ1v) is 7.61. The van der Waals surface area contributed by atoms with Gasteiger partial charge in [-0.05, 0) is 36.4 Å². The smallest absolute Gasteiger partial charge is 0.295 e. The van der Waals surface area contributed by atoms with E-state index in [1.165, 1.54) is 25.1 Å². The Hall–Kier alpha value is -2.94. The number of hydrogen-bond acceptors (Lipinski definition) is 6. The first-order chi connectivity index (χ1) is 11.5. The fraction of sp³-hybridized carbons (Fsp3) is 0.0667. The Kier molecular flexibility index (Phi) is 4.17. The highest BCUT2D eigenvalue weighted by atomic mass is 79.9. The monoisotopic (exact) mass is 387 g/mol. The number of aromatic nitrogens is 4. The number of carbonyl (C=O) groups is 1. The molecule has 3 aromatic rings. The van der Waals surface area contributed by atoms with Crippen LogP contribution >= 0.6 is 15.9 Å². The maximum Gasteiger partial charge on any atom is 0.297 e. The van der Waals surface area contributed by atoms with E-state index in [4.69, 9.17) is 0 Å². The molecule has 0 atom stereocenters. The van der Waals surface area contributed by atoms with Gasteiger partial charge in [-0.15, -0.1) is 15.0 Å². The van der Waals surface area contributed by atoms with Crippen molar-refractivity contribution in [3.8, 4) is 17.1 Å². The van der Waals surface area contributed by atoms with Gasteiger partial charge in [0.2, 0.25) is 5.82 Å². The Labute approximate surface area is 144 Å². The van der Waals surface area contributed by atoms with E-state index in [0.29, 0.717) is 11.4 Å². The molecule has 0 aliphatic rings. The van der Waals surface area contributed by atoms with Crippen molar-refractivity contribution in [2.75, 3.05) is 0 Å². The number of carbonyl (C=O) groups excluding carboxylic acids is 1. The highest BCUT2D eigenvalue weighted by Gasteiger charge is 2.20. The number of tetrazole rings is 1. The van der Waals surface area contributed by atoms with E-state index in [2.05, 4.69) is 31.3 Å². The lowest BCUT2D eigenvalue weighted by molar-refractivity contribution is -0.384. The first-order valence-electron chi connectivity index (χ1n) is 6.82. The molecule has 0 saturated heterocycles. The molecule has 0 spiro atoms. The Morgan fingerprint density at radius 2 is 2.00 bits per heavy atom. The maximum atomic E-state index is 11.4. The summed E-state index contributed by atoms with van der Waals surface area (Å²) in [4.78, 5) is 23.2. The van der Waals surface area contributed by atoms with Crippen LogP contribution in [0.1, 0.15) is 17.3 Å². The molecule has 0 saturated carbocycles. The van der Waals surface area contributed by atoms with Gasteiger partial charge in [0.1, 0.15) is 0 Å². The zero-order valence-corrected chi connectivity index (χ0v) is 14.0. The van der Waals surface area contributed by atoms with Gasteiger partial charge in [-0.2, -0.15) is 0 Å². The van der Waals surface area contributed by atoms with Crippen molar-refractivity contribution >= 4 is 27.4 Å². The van der Waals surface area contributed by atoms with Crippen molar-refractivity contribution in [2.45, 2.75) is 6.92 Å². The lowest BCUT2D eigenvalue weighted by Crippen LogP contribution is -2.05. The van der Waals surface area contributed by atoms with Gasteiger partial charge in [-0.25, -0.2) is 0 Å². The quantitative estimate of drug-likeness (QED) is 0.386. The molecule has 0 N–H and O–H groups in total. The Morgan fingerprint density at radius 1 is 1.25 bits per heavy atom. The van der Waals surface area contributed by atoms with Crippen LogP contribution in [-0.2, 0) is 0 Å². The molecule has 1 heterocycles. The maximum absolute atomic E-state index is 11.4. The molecule has 1 aromatic heterocycles. The van der Waals surface area contributed by atoms with Crippen LogP contribution in [0.15, 0.2) is 46.9 Å². The predicted octanol–water partition coefficient (Wildman–Crippen LogP) is 3.20. The SMILES string of the molecule is CC(=O)c1ccc(-n2nnc(-c3ccccc3Br)n2)c([N+](=O)[O-])c1. The topological polar surface area (TPSA) is 104 Å². The average molecular weight is 388 g/mol. The van der Waals surface area contributed by atoms with Crippen LogP contribution in [0.4, 0.5) is 5.69 Å². The molecule has 3 rings (SSSR count). The Balaban J connectivity index is 2.09. The molecule has 0 aliphatic heterocycles. The van der Waals surface area contributed by atoms with E-state index in [-0.39, 0.29) is 22.7 Å². The summed E-state index contributed by atoms with van der Waals surface area (Å²) in [5, 5.41) is 23.3. The molecule has 0 aliphatic carbocycles. The minimum Gasteiger partial charge on any atom is -0.295 e. The van der Waals surface area contributed by atoms with E-state index >= 15 is 0 Å². The molecule has 9 heteroatoms. The van der Waals surface area contributed by atoms with Crippen LogP contribution in [0.25, 0.3) is 17.1 Å². The second-order valence-electron chi connectivity index (χ2n) is 4.90. The van der Waals surface area contributed by atoms with Crippen LogP contribution in [0.2, 0.25) is 0 Å². The number of Topliss-reactive ketones (excluding diaryl/α,β-unsaturated/α-hetero) is 1. The van der Waals surface area contributed by atoms with Gasteiger partial charge in [0.25, 0.3) is 5.69 Å². The molecule has 120 valence electrons. The third kappa shape index (κ3) is 2.93. The van der Waals surface area contributed by atoms with Gasteiger partial charge in [0, 0.05) is 21.7 Å². The van der Waals surface area contributed by atoms with Gasteiger partial charge in [0.05, 0.1) is 4.92 Å². The van der Waals surface area contributed by atoms with Gasteiger partial charge >= 0.3 is 0 Å². The summed E-state index contributed by atoms with van der Waals surface area (Å²) in [5.74, 6) is 0.0672. The summed E-state index contributed by atoms with van der Waals surface area (Å²) >= 11 is 3.40. The Morgan fingerprint density at radius 3 is 2.67 bits per heavy atom. The van der Waals surface area contributed by atoms with Gasteiger partial charge in [-0.3, -0.25) is 14.9 Å². The third-order valence-corrected chi connectivity index (χ3v) is 4.01. The van der Waals surface area contributed by atoms with Crippen LogP contribution in [-0.4, -0.2) is 30.9 Å². The summed E-state index contributed by atoms with van der Waals surface area (Å²) in [6.07, 6.45) is 0. The average Bonchev–Trinajstić information content (AvgIpc) is 3.04. The van der Waals surface area contributed by atoms with Gasteiger partial charge < -0.3 is 0 Å². The summed E-state index contributed by atoms with van der Waals surface area (Å²) in [6.45, 7) is 1.34. The molecule has 0 radical (unpaired) electrons. The van der Waals surface area contributed by atoms with Crippen molar-refractivity contribution in [3.63, 3.8) is 0 Å². The van der Waals surface area contributed by atoms with Gasteiger partial charge in [0.15, 0.2) is 11.5 Å². The fourth-order valence-electron chi connectivity index (χ4n) is 2.12. The molecule has 0 unspecified atom stereocenters. The molecular weight excluding hydrogens is 378 g/mol. The predicted molar refractivity (Wildman–Crippen MR) is 88.9 cm³/mol. The Bertz CT molecular complexity index is 954. The summed E-state index contributed by atoms with van der Waals surface area (Å²) in [5.41, 5.74) is 0.831. The zero-order chi connectivity index (χ0) is 17.3. The molecule has 0 fully saturated rings. The summed E-state index contributed by atoms with van der Waals surface area (Å²) in [6, 6.07) is 11.4. The number of nitro benzene ring substituents is 1. The molecule has 24 heavy (non-hydrogen) atoms. The zero-order valence-electron chi connectivity index (χ0n) is 12.4. The van der Waals surface area contributed by atoms with Crippen molar-refractivity contribution < 1.29 is 9.72 Å². The van der Waals surface area contributed by atoms with Gasteiger partial charge in [-0.1, -0.05) is 28.1 Å². The van der Waals surface area contributed by atoms with Crippen LogP contribution in [0.5, 0.6) is 0 Å². The van der Waals surface area contributed by atoms with Crippen LogP contribution in [0.3, 0.4) is 0 Å². The van der Waals surface area contributed by atoms with E-state index in [9.17, 15) is 14.9 Å². The van der Waals surface area contributed by atoms with Crippen molar-refractivity contribution in [2.24, 2.45) is 0 Å². The normalized spacial score (nSPS) is 10.6. The van der Waals surface area contributed by atoms with E-state index in [0.717, 1.165) is 9.27 Å². The summed E-state index contributed by atoms with van der Waals surface area (Å²) in [7, 11) is 0. The fourth-order valence-corrected chi connectivity index (χ4v) is 2.59. The molecular formula is C15H10BrN5O3. The van der Waals surface area contributed by atoms with Crippen LogP contribution < -0.4 is 0 Å². The molecule has 0 bridgehead atoms. The molecule has 2 aromatic carbocycles. The van der Waals surface area contributed by atoms with E-state index < -0.39 is 4.92 Å². The van der Waals surface area contributed by atoms with Crippen molar-refractivity contribution in [3.05, 3.63) is 62.6 Å². The molecule has 0 amide bonds. The van der Waals surface area contributed by atoms with Crippen molar-refractivity contribution in [1.82, 2.24) is 20.2 Å². The minimum absolute atomic E-state index is 0.135. The summed E-state index contributed by atoms with van der Waals surface area (Å²) < 4.78 is 0.783. The van der Waals surface area contributed by atoms with E-state index in [1.54, 1.807) is 6.07 Å². The largest absolute Gasteiger partial charge is 0.297 e. The van der Waals surface area contributed by atoms with Crippen LogP contribution in [0, 0.1) is 10.1 Å². The number of ketones is 1. The second kappa shape index (κ2) is 6.28. The lowest BCUT2D eigenvalue weighted by Gasteiger charge is -2.02. The minimum atomic E-state index is -0.580.